The van der Waals surface area contributed by atoms with Crippen LogP contribution in [0.1, 0.15) is 15.9 Å². The van der Waals surface area contributed by atoms with Crippen LogP contribution in [0.5, 0.6) is 23.0 Å². The van der Waals surface area contributed by atoms with Crippen molar-refractivity contribution in [3.8, 4) is 23.0 Å². The third-order valence-electron chi connectivity index (χ3n) is 3.22. The number of aromatic hydroxyl groups is 1. The average Bonchev–Trinajstić information content (AvgIpc) is 2.51. The third-order valence-corrected chi connectivity index (χ3v) is 3.52. The molecule has 0 aliphatic carbocycles. The SMILES string of the molecule is O=C(O)c1c(Oc2ccc(OC(F)(F)F)c(F)c2O)cc(Cl)c(C(O)(O)O)c1F. The molecule has 2 aromatic rings. The van der Waals surface area contributed by atoms with Gasteiger partial charge in [-0.2, -0.15) is 4.39 Å². The van der Waals surface area contributed by atoms with Gasteiger partial charge in [0, 0.05) is 6.07 Å². The third kappa shape index (κ3) is 4.76. The molecular weight excluding hydrogens is 439 g/mol. The van der Waals surface area contributed by atoms with Gasteiger partial charge in [0.05, 0.1) is 10.6 Å². The van der Waals surface area contributed by atoms with Crippen molar-refractivity contribution >= 4 is 17.6 Å². The molecule has 0 amide bonds. The summed E-state index contributed by atoms with van der Waals surface area (Å²) in [6.07, 6.45) is -5.29. The van der Waals surface area contributed by atoms with E-state index in [1.165, 1.54) is 0 Å². The van der Waals surface area contributed by atoms with Gasteiger partial charge in [0.25, 0.3) is 0 Å². The lowest BCUT2D eigenvalue weighted by Gasteiger charge is -2.20. The Labute approximate surface area is 161 Å². The standard InChI is InChI=1S/C15H8ClF5O8/c16-4-3-7(8(13(23)24)11(18)9(4)14(25,26)27)28-6-2-1-5(10(17)12(6)22)29-15(19,20)21/h1-3,22,25-27H,(H,23,24). The molecule has 5 N–H and O–H groups in total. The summed E-state index contributed by atoms with van der Waals surface area (Å²) in [5.74, 6) is -14.8. The lowest BCUT2D eigenvalue weighted by atomic mass is 10.1. The molecule has 0 unspecified atom stereocenters. The van der Waals surface area contributed by atoms with Gasteiger partial charge in [-0.1, -0.05) is 11.6 Å². The predicted molar refractivity (Wildman–Crippen MR) is 81.5 cm³/mol. The molecule has 0 spiro atoms. The fraction of sp³-hybridized carbons (Fsp3) is 0.133. The summed E-state index contributed by atoms with van der Waals surface area (Å²) in [5, 5.41) is 45.1. The summed E-state index contributed by atoms with van der Waals surface area (Å²) in [6, 6.07) is 1.39. The maximum atomic E-state index is 14.4. The van der Waals surface area contributed by atoms with E-state index in [2.05, 4.69) is 4.74 Å². The van der Waals surface area contributed by atoms with Gasteiger partial charge in [0.2, 0.25) is 5.82 Å². The summed E-state index contributed by atoms with van der Waals surface area (Å²) < 4.78 is 72.9. The lowest BCUT2D eigenvalue weighted by Crippen LogP contribution is -2.27. The molecule has 0 saturated carbocycles. The van der Waals surface area contributed by atoms with E-state index in [9.17, 15) is 31.9 Å². The molecule has 158 valence electrons. The van der Waals surface area contributed by atoms with E-state index in [0.29, 0.717) is 18.2 Å². The molecular formula is C15H8ClF5O8. The van der Waals surface area contributed by atoms with Crippen LogP contribution in [0.15, 0.2) is 18.2 Å². The molecule has 0 bridgehead atoms. The fourth-order valence-electron chi connectivity index (χ4n) is 2.12. The van der Waals surface area contributed by atoms with E-state index in [1.807, 2.05) is 0 Å². The van der Waals surface area contributed by atoms with E-state index in [0.717, 1.165) is 0 Å². The Morgan fingerprint density at radius 3 is 2.03 bits per heavy atom. The predicted octanol–water partition coefficient (Wildman–Crippen LogP) is 2.80. The topological polar surface area (TPSA) is 137 Å². The second-order valence-electron chi connectivity index (χ2n) is 5.24. The van der Waals surface area contributed by atoms with E-state index in [4.69, 9.17) is 36.8 Å². The Hall–Kier alpha value is -2.87. The van der Waals surface area contributed by atoms with E-state index in [1.54, 1.807) is 0 Å². The minimum Gasteiger partial charge on any atom is -0.502 e. The number of hydrogen-bond donors (Lipinski definition) is 5. The van der Waals surface area contributed by atoms with Crippen LogP contribution in [0.2, 0.25) is 5.02 Å². The number of alkyl halides is 3. The first-order chi connectivity index (χ1) is 13.1. The van der Waals surface area contributed by atoms with Crippen LogP contribution in [0, 0.1) is 11.6 Å². The van der Waals surface area contributed by atoms with Crippen molar-refractivity contribution < 1.29 is 61.8 Å². The summed E-state index contributed by atoms with van der Waals surface area (Å²) in [5.41, 5.74) is -2.88. The van der Waals surface area contributed by atoms with Crippen LogP contribution in [-0.2, 0) is 5.97 Å². The van der Waals surface area contributed by atoms with Crippen LogP contribution in [0.3, 0.4) is 0 Å². The summed E-state index contributed by atoms with van der Waals surface area (Å²) >= 11 is 5.56. The average molecular weight is 447 g/mol. The molecule has 0 aliphatic rings. The molecule has 8 nitrogen and oxygen atoms in total. The first-order valence-corrected chi connectivity index (χ1v) is 7.39. The number of rotatable bonds is 5. The number of carbonyl (C=O) groups is 1. The van der Waals surface area contributed by atoms with Gasteiger partial charge in [-0.3, -0.25) is 0 Å². The van der Waals surface area contributed by atoms with Crippen LogP contribution in [0.4, 0.5) is 22.0 Å². The zero-order chi connectivity index (χ0) is 22.3. The van der Waals surface area contributed by atoms with Crippen molar-refractivity contribution in [2.45, 2.75) is 12.3 Å². The van der Waals surface area contributed by atoms with Gasteiger partial charge in [-0.05, 0) is 12.1 Å². The highest BCUT2D eigenvalue weighted by molar-refractivity contribution is 6.31. The molecule has 29 heavy (non-hydrogen) atoms. The van der Waals surface area contributed by atoms with Crippen LogP contribution < -0.4 is 9.47 Å². The van der Waals surface area contributed by atoms with E-state index in [-0.39, 0.29) is 0 Å². The zero-order valence-electron chi connectivity index (χ0n) is 13.5. The summed E-state index contributed by atoms with van der Waals surface area (Å²) in [6.45, 7) is 0. The van der Waals surface area contributed by atoms with Gasteiger partial charge >= 0.3 is 18.3 Å². The monoisotopic (exact) mass is 446 g/mol. The summed E-state index contributed by atoms with van der Waals surface area (Å²) in [4.78, 5) is 11.3. The van der Waals surface area contributed by atoms with E-state index >= 15 is 0 Å². The number of phenols is 1. The highest BCUT2D eigenvalue weighted by Gasteiger charge is 2.36. The van der Waals surface area contributed by atoms with Crippen molar-refractivity contribution in [1.82, 2.24) is 0 Å². The minimum absolute atomic E-state index is 0.380. The van der Waals surface area contributed by atoms with Gasteiger partial charge < -0.3 is 35.0 Å². The van der Waals surface area contributed by atoms with Crippen LogP contribution in [0.25, 0.3) is 0 Å². The maximum Gasteiger partial charge on any atom is 0.573 e. The highest BCUT2D eigenvalue weighted by atomic mass is 35.5. The normalized spacial score (nSPS) is 12.0. The highest BCUT2D eigenvalue weighted by Crippen LogP contribution is 2.42. The number of aliphatic hydroxyl groups is 3. The molecule has 14 heteroatoms. The Bertz CT molecular complexity index is 971. The van der Waals surface area contributed by atoms with Crippen molar-refractivity contribution in [2.75, 3.05) is 0 Å². The number of halogens is 6. The number of hydrogen-bond acceptors (Lipinski definition) is 7. The van der Waals surface area contributed by atoms with Crippen molar-refractivity contribution in [1.29, 1.82) is 0 Å². The Morgan fingerprint density at radius 2 is 1.55 bits per heavy atom. The van der Waals surface area contributed by atoms with Crippen molar-refractivity contribution in [3.05, 3.63) is 46.0 Å². The number of ether oxygens (including phenoxy) is 2. The molecule has 0 atom stereocenters. The number of benzene rings is 2. The Balaban J connectivity index is 2.58. The van der Waals surface area contributed by atoms with Crippen molar-refractivity contribution in [2.24, 2.45) is 0 Å². The maximum absolute atomic E-state index is 14.4. The molecule has 2 aromatic carbocycles. The smallest absolute Gasteiger partial charge is 0.502 e. The molecule has 0 aromatic heterocycles. The molecule has 0 saturated heterocycles. The first-order valence-electron chi connectivity index (χ1n) is 7.01. The van der Waals surface area contributed by atoms with Crippen molar-refractivity contribution in [3.63, 3.8) is 0 Å². The minimum atomic E-state index is -5.29. The van der Waals surface area contributed by atoms with Crippen LogP contribution in [-0.4, -0.2) is 37.9 Å². The Kier molecular flexibility index (Phi) is 5.81. The lowest BCUT2D eigenvalue weighted by molar-refractivity contribution is -0.325. The van der Waals surface area contributed by atoms with E-state index < -0.39 is 69.1 Å². The van der Waals surface area contributed by atoms with Gasteiger partial charge in [-0.25, -0.2) is 9.18 Å². The van der Waals surface area contributed by atoms with Crippen LogP contribution >= 0.6 is 11.6 Å². The van der Waals surface area contributed by atoms with Gasteiger partial charge in [0.15, 0.2) is 23.1 Å². The number of aromatic carboxylic acids is 1. The quantitative estimate of drug-likeness (QED) is 0.349. The molecule has 0 aliphatic heterocycles. The Morgan fingerprint density at radius 1 is 1.00 bits per heavy atom. The van der Waals surface area contributed by atoms with Gasteiger partial charge in [-0.15, -0.1) is 13.2 Å². The fourth-order valence-corrected chi connectivity index (χ4v) is 2.43. The molecule has 0 radical (unpaired) electrons. The second kappa shape index (κ2) is 7.51. The number of carboxylic acid groups (broad SMARTS) is 1. The zero-order valence-corrected chi connectivity index (χ0v) is 14.2. The number of phenolic OH excluding ortho intramolecular Hbond substituents is 1. The number of carboxylic acids is 1. The summed E-state index contributed by atoms with van der Waals surface area (Å²) in [7, 11) is 0. The molecule has 0 heterocycles. The largest absolute Gasteiger partial charge is 0.573 e. The van der Waals surface area contributed by atoms with Gasteiger partial charge in [0.1, 0.15) is 11.3 Å². The first kappa shape index (κ1) is 22.4. The molecule has 2 rings (SSSR count). The second-order valence-corrected chi connectivity index (χ2v) is 5.64. The molecule has 0 fully saturated rings.